The highest BCUT2D eigenvalue weighted by atomic mass is 15.1. The van der Waals surface area contributed by atoms with Gasteiger partial charge in [0.2, 0.25) is 0 Å². The zero-order valence-corrected chi connectivity index (χ0v) is 7.55. The van der Waals surface area contributed by atoms with E-state index in [1.807, 2.05) is 0 Å². The van der Waals surface area contributed by atoms with Gasteiger partial charge in [0.25, 0.3) is 0 Å². The average molecular weight is 153 g/mol. The quantitative estimate of drug-likeness (QED) is 0.515. The van der Waals surface area contributed by atoms with Gasteiger partial charge in [0.15, 0.2) is 0 Å². The first-order valence-electron chi connectivity index (χ1n) is 5.03. The summed E-state index contributed by atoms with van der Waals surface area (Å²) in [5.74, 6) is 2.12. The van der Waals surface area contributed by atoms with E-state index in [9.17, 15) is 0 Å². The number of rotatable bonds is 0. The number of likely N-dealkylation sites (tertiary alicyclic amines) is 1. The summed E-state index contributed by atoms with van der Waals surface area (Å²) in [7, 11) is 2.28. The first-order valence-corrected chi connectivity index (χ1v) is 5.03. The maximum atomic E-state index is 2.52. The van der Waals surface area contributed by atoms with Crippen LogP contribution >= 0.6 is 0 Å². The Balaban J connectivity index is 1.98. The van der Waals surface area contributed by atoms with E-state index in [1.165, 1.54) is 45.2 Å². The van der Waals surface area contributed by atoms with Gasteiger partial charge in [-0.25, -0.2) is 0 Å². The highest BCUT2D eigenvalue weighted by Crippen LogP contribution is 2.33. The van der Waals surface area contributed by atoms with E-state index in [2.05, 4.69) is 11.9 Å². The molecule has 1 aliphatic heterocycles. The summed E-state index contributed by atoms with van der Waals surface area (Å²) >= 11 is 0. The summed E-state index contributed by atoms with van der Waals surface area (Å²) in [5.41, 5.74) is 0. The topological polar surface area (TPSA) is 3.24 Å². The number of hydrogen-bond donors (Lipinski definition) is 0. The monoisotopic (exact) mass is 153 g/mol. The molecule has 0 aromatic heterocycles. The van der Waals surface area contributed by atoms with Gasteiger partial charge in [-0.3, -0.25) is 0 Å². The second-order valence-corrected chi connectivity index (χ2v) is 4.45. The van der Waals surface area contributed by atoms with Crippen molar-refractivity contribution in [3.63, 3.8) is 0 Å². The van der Waals surface area contributed by atoms with Crippen LogP contribution in [-0.4, -0.2) is 25.0 Å². The molecular formula is C10H19N. The van der Waals surface area contributed by atoms with Crippen molar-refractivity contribution in [3.8, 4) is 0 Å². The van der Waals surface area contributed by atoms with Crippen molar-refractivity contribution in [1.82, 2.24) is 4.90 Å². The molecule has 11 heavy (non-hydrogen) atoms. The van der Waals surface area contributed by atoms with Gasteiger partial charge < -0.3 is 4.90 Å². The fraction of sp³-hybridized carbons (Fsp3) is 1.00. The van der Waals surface area contributed by atoms with Crippen LogP contribution in [0.5, 0.6) is 0 Å². The Morgan fingerprint density at radius 1 is 1.09 bits per heavy atom. The summed E-state index contributed by atoms with van der Waals surface area (Å²) < 4.78 is 0. The summed E-state index contributed by atoms with van der Waals surface area (Å²) in [6.07, 6.45) is 7.52. The van der Waals surface area contributed by atoms with E-state index < -0.39 is 0 Å². The molecule has 1 heterocycles. The standard InChI is InChI=1S/C10H19N/c1-11-6-5-9-3-2-4-10(7-9)8-11/h9-10H,2-8H2,1H3. The molecule has 0 radical (unpaired) electrons. The van der Waals surface area contributed by atoms with Crippen LogP contribution in [0.1, 0.15) is 32.1 Å². The predicted molar refractivity (Wildman–Crippen MR) is 47.6 cm³/mol. The number of hydrogen-bond acceptors (Lipinski definition) is 1. The van der Waals surface area contributed by atoms with Gasteiger partial charge in [0, 0.05) is 6.54 Å². The minimum absolute atomic E-state index is 1.04. The predicted octanol–water partition coefficient (Wildman–Crippen LogP) is 2.13. The largest absolute Gasteiger partial charge is 0.306 e. The van der Waals surface area contributed by atoms with Crippen LogP contribution in [0.3, 0.4) is 0 Å². The molecule has 1 saturated carbocycles. The lowest BCUT2D eigenvalue weighted by molar-refractivity contribution is 0.256. The molecule has 0 aromatic rings. The highest BCUT2D eigenvalue weighted by molar-refractivity contribution is 4.79. The molecule has 1 nitrogen and oxygen atoms in total. The minimum Gasteiger partial charge on any atom is -0.306 e. The maximum absolute atomic E-state index is 2.52. The lowest BCUT2D eigenvalue weighted by Crippen LogP contribution is -2.24. The SMILES string of the molecule is CN1CCC2CCCC(C2)C1. The van der Waals surface area contributed by atoms with Crippen molar-refractivity contribution in [1.29, 1.82) is 0 Å². The summed E-state index contributed by atoms with van der Waals surface area (Å²) in [6.45, 7) is 2.72. The molecule has 2 fully saturated rings. The minimum atomic E-state index is 1.04. The third-order valence-corrected chi connectivity index (χ3v) is 3.38. The van der Waals surface area contributed by atoms with Crippen molar-refractivity contribution >= 4 is 0 Å². The number of nitrogens with zero attached hydrogens (tertiary/aromatic N) is 1. The van der Waals surface area contributed by atoms with E-state index in [1.54, 1.807) is 0 Å². The van der Waals surface area contributed by atoms with Gasteiger partial charge in [-0.05, 0) is 44.7 Å². The molecule has 1 heteroatoms. The fourth-order valence-electron chi connectivity index (χ4n) is 2.77. The van der Waals surface area contributed by atoms with E-state index in [4.69, 9.17) is 0 Å². The molecule has 2 rings (SSSR count). The molecule has 2 aliphatic rings. The van der Waals surface area contributed by atoms with E-state index >= 15 is 0 Å². The Labute approximate surface area is 69.8 Å². The van der Waals surface area contributed by atoms with E-state index in [0.717, 1.165) is 11.8 Å². The Bertz CT molecular complexity index is 131. The lowest BCUT2D eigenvalue weighted by Gasteiger charge is -2.25. The Hall–Kier alpha value is -0.0400. The van der Waals surface area contributed by atoms with E-state index in [-0.39, 0.29) is 0 Å². The van der Waals surface area contributed by atoms with Crippen LogP contribution in [0, 0.1) is 11.8 Å². The van der Waals surface area contributed by atoms with Gasteiger partial charge in [-0.2, -0.15) is 0 Å². The average Bonchev–Trinajstić information content (AvgIpc) is 2.12. The maximum Gasteiger partial charge on any atom is 0.000671 e. The molecular weight excluding hydrogens is 134 g/mol. The van der Waals surface area contributed by atoms with Crippen molar-refractivity contribution in [2.75, 3.05) is 20.1 Å². The first kappa shape index (κ1) is 7.60. The Morgan fingerprint density at radius 3 is 2.82 bits per heavy atom. The molecule has 64 valence electrons. The summed E-state index contributed by atoms with van der Waals surface area (Å²) in [4.78, 5) is 2.52. The third kappa shape index (κ3) is 1.76. The molecule has 0 aromatic carbocycles. The molecule has 2 bridgehead atoms. The molecule has 0 N–H and O–H groups in total. The molecule has 0 amide bonds. The van der Waals surface area contributed by atoms with Crippen LogP contribution in [0.25, 0.3) is 0 Å². The third-order valence-electron chi connectivity index (χ3n) is 3.38. The zero-order valence-electron chi connectivity index (χ0n) is 7.55. The highest BCUT2D eigenvalue weighted by Gasteiger charge is 2.25. The fourth-order valence-corrected chi connectivity index (χ4v) is 2.77. The van der Waals surface area contributed by atoms with Gasteiger partial charge in [-0.15, -0.1) is 0 Å². The zero-order chi connectivity index (χ0) is 7.68. The van der Waals surface area contributed by atoms with Crippen LogP contribution < -0.4 is 0 Å². The van der Waals surface area contributed by atoms with Gasteiger partial charge in [0.05, 0.1) is 0 Å². The lowest BCUT2D eigenvalue weighted by atomic mass is 9.81. The first-order chi connectivity index (χ1) is 5.34. The summed E-state index contributed by atoms with van der Waals surface area (Å²) in [5, 5.41) is 0. The number of fused-ring (bicyclic) bond motifs is 2. The molecule has 0 spiro atoms. The molecule has 2 unspecified atom stereocenters. The summed E-state index contributed by atoms with van der Waals surface area (Å²) in [6, 6.07) is 0. The Kier molecular flexibility index (Phi) is 2.17. The second kappa shape index (κ2) is 3.14. The van der Waals surface area contributed by atoms with E-state index in [0.29, 0.717) is 0 Å². The van der Waals surface area contributed by atoms with Crippen LogP contribution in [0.2, 0.25) is 0 Å². The second-order valence-electron chi connectivity index (χ2n) is 4.45. The molecule has 2 atom stereocenters. The van der Waals surface area contributed by atoms with Crippen LogP contribution in [0.15, 0.2) is 0 Å². The Morgan fingerprint density at radius 2 is 1.91 bits per heavy atom. The van der Waals surface area contributed by atoms with Crippen molar-refractivity contribution in [2.45, 2.75) is 32.1 Å². The molecule has 1 aliphatic carbocycles. The van der Waals surface area contributed by atoms with Crippen molar-refractivity contribution < 1.29 is 0 Å². The van der Waals surface area contributed by atoms with Crippen LogP contribution in [-0.2, 0) is 0 Å². The molecule has 1 saturated heterocycles. The van der Waals surface area contributed by atoms with Crippen LogP contribution in [0.4, 0.5) is 0 Å². The van der Waals surface area contributed by atoms with Gasteiger partial charge in [0.1, 0.15) is 0 Å². The van der Waals surface area contributed by atoms with Gasteiger partial charge >= 0.3 is 0 Å². The smallest absolute Gasteiger partial charge is 0.000671 e. The van der Waals surface area contributed by atoms with Gasteiger partial charge in [-0.1, -0.05) is 12.8 Å². The van der Waals surface area contributed by atoms with Crippen molar-refractivity contribution in [2.24, 2.45) is 11.8 Å². The normalized spacial score (nSPS) is 40.1. The van der Waals surface area contributed by atoms with Crippen molar-refractivity contribution in [3.05, 3.63) is 0 Å².